The lowest BCUT2D eigenvalue weighted by atomic mass is 10.1. The molecule has 8 heteroatoms. The molecule has 2 aliphatic heterocycles. The minimum Gasteiger partial charge on any atom is -0.381 e. The summed E-state index contributed by atoms with van der Waals surface area (Å²) in [6, 6.07) is 1.84. The molecular weight excluding hydrogens is 296 g/mol. The van der Waals surface area contributed by atoms with Crippen molar-refractivity contribution in [3.63, 3.8) is 0 Å². The third-order valence-electron chi connectivity index (χ3n) is 4.34. The van der Waals surface area contributed by atoms with Crippen LogP contribution in [0, 0.1) is 0 Å². The number of hydrogen-bond donors (Lipinski definition) is 0. The van der Waals surface area contributed by atoms with E-state index in [0.717, 1.165) is 51.0 Å². The second-order valence-electron chi connectivity index (χ2n) is 5.92. The number of ether oxygens (including phenoxy) is 1. The Morgan fingerprint density at radius 1 is 1.13 bits per heavy atom. The summed E-state index contributed by atoms with van der Waals surface area (Å²) in [6.45, 7) is 5.87. The highest BCUT2D eigenvalue weighted by atomic mass is 16.5. The Hall–Kier alpha value is -2.06. The third kappa shape index (κ3) is 3.32. The second-order valence-corrected chi connectivity index (χ2v) is 5.92. The van der Waals surface area contributed by atoms with Crippen molar-refractivity contribution in [3.8, 4) is 0 Å². The van der Waals surface area contributed by atoms with Crippen molar-refractivity contribution >= 4 is 5.95 Å². The van der Waals surface area contributed by atoms with Gasteiger partial charge in [-0.25, -0.2) is 9.97 Å². The van der Waals surface area contributed by atoms with Crippen LogP contribution in [-0.4, -0.2) is 64.4 Å². The molecule has 4 heterocycles. The van der Waals surface area contributed by atoms with Gasteiger partial charge in [0.15, 0.2) is 5.82 Å². The third-order valence-corrected chi connectivity index (χ3v) is 4.34. The van der Waals surface area contributed by atoms with Gasteiger partial charge in [-0.15, -0.1) is 0 Å². The van der Waals surface area contributed by atoms with Crippen molar-refractivity contribution in [1.82, 2.24) is 25.0 Å². The van der Waals surface area contributed by atoms with E-state index in [1.54, 1.807) is 12.4 Å². The van der Waals surface area contributed by atoms with Crippen molar-refractivity contribution < 1.29 is 9.26 Å². The molecule has 0 spiro atoms. The van der Waals surface area contributed by atoms with Crippen LogP contribution in [0.1, 0.15) is 24.1 Å². The SMILES string of the molecule is c1cnc(N2CCN(Cc3nc([C@H]4CCOC4)no3)CC2)nc1. The van der Waals surface area contributed by atoms with Gasteiger partial charge in [-0.1, -0.05) is 5.16 Å². The van der Waals surface area contributed by atoms with Crippen molar-refractivity contribution in [3.05, 3.63) is 30.2 Å². The van der Waals surface area contributed by atoms with E-state index in [0.29, 0.717) is 25.0 Å². The topological polar surface area (TPSA) is 80.4 Å². The van der Waals surface area contributed by atoms with E-state index in [1.165, 1.54) is 0 Å². The van der Waals surface area contributed by atoms with Crippen LogP contribution in [0.5, 0.6) is 0 Å². The van der Waals surface area contributed by atoms with Gasteiger partial charge in [0.2, 0.25) is 11.8 Å². The van der Waals surface area contributed by atoms with Gasteiger partial charge in [0, 0.05) is 51.1 Å². The fraction of sp³-hybridized carbons (Fsp3) is 0.600. The van der Waals surface area contributed by atoms with E-state index in [-0.39, 0.29) is 0 Å². The Morgan fingerprint density at radius 3 is 2.70 bits per heavy atom. The van der Waals surface area contributed by atoms with Gasteiger partial charge in [-0.2, -0.15) is 4.98 Å². The van der Waals surface area contributed by atoms with Crippen LogP contribution in [0.25, 0.3) is 0 Å². The molecule has 2 saturated heterocycles. The summed E-state index contributed by atoms with van der Waals surface area (Å²) in [6.07, 6.45) is 4.54. The molecule has 0 saturated carbocycles. The molecule has 122 valence electrons. The first-order valence-electron chi connectivity index (χ1n) is 8.03. The van der Waals surface area contributed by atoms with Gasteiger partial charge >= 0.3 is 0 Å². The molecule has 23 heavy (non-hydrogen) atoms. The van der Waals surface area contributed by atoms with Gasteiger partial charge in [0.1, 0.15) is 0 Å². The lowest BCUT2D eigenvalue weighted by Gasteiger charge is -2.33. The first-order valence-corrected chi connectivity index (χ1v) is 8.03. The molecule has 2 aromatic rings. The summed E-state index contributed by atoms with van der Waals surface area (Å²) in [4.78, 5) is 17.7. The lowest BCUT2D eigenvalue weighted by Crippen LogP contribution is -2.46. The Morgan fingerprint density at radius 2 is 1.96 bits per heavy atom. The summed E-state index contributed by atoms with van der Waals surface area (Å²) in [7, 11) is 0. The zero-order chi connectivity index (χ0) is 15.5. The van der Waals surface area contributed by atoms with Gasteiger partial charge in [-0.05, 0) is 12.5 Å². The Kier molecular flexibility index (Phi) is 4.16. The van der Waals surface area contributed by atoms with Crippen LogP contribution in [-0.2, 0) is 11.3 Å². The van der Waals surface area contributed by atoms with Gasteiger partial charge < -0.3 is 14.2 Å². The van der Waals surface area contributed by atoms with Crippen LogP contribution in [0.2, 0.25) is 0 Å². The first-order chi connectivity index (χ1) is 11.4. The smallest absolute Gasteiger partial charge is 0.240 e. The Balaban J connectivity index is 1.31. The normalized spacial score (nSPS) is 22.6. The van der Waals surface area contributed by atoms with E-state index in [1.807, 2.05) is 6.07 Å². The van der Waals surface area contributed by atoms with Gasteiger partial charge in [-0.3, -0.25) is 4.90 Å². The number of rotatable bonds is 4. The summed E-state index contributed by atoms with van der Waals surface area (Å²) in [5, 5.41) is 4.10. The van der Waals surface area contributed by atoms with Crippen molar-refractivity contribution in [2.24, 2.45) is 0 Å². The first kappa shape index (κ1) is 14.5. The standard InChI is InChI=1S/C15H20N6O2/c1-3-16-15(17-4-1)21-7-5-20(6-8-21)10-13-18-14(19-23-13)12-2-9-22-11-12/h1,3-4,12H,2,5-11H2/t12-/m0/s1. The van der Waals surface area contributed by atoms with E-state index in [9.17, 15) is 0 Å². The average molecular weight is 316 g/mol. The lowest BCUT2D eigenvalue weighted by molar-refractivity contribution is 0.192. The zero-order valence-corrected chi connectivity index (χ0v) is 13.0. The molecule has 2 aromatic heterocycles. The number of hydrogen-bond acceptors (Lipinski definition) is 8. The van der Waals surface area contributed by atoms with E-state index in [2.05, 4.69) is 29.9 Å². The zero-order valence-electron chi connectivity index (χ0n) is 13.0. The number of nitrogens with zero attached hydrogens (tertiary/aromatic N) is 6. The molecular formula is C15H20N6O2. The maximum atomic E-state index is 5.39. The minimum absolute atomic E-state index is 0.291. The van der Waals surface area contributed by atoms with Crippen molar-refractivity contribution in [2.75, 3.05) is 44.3 Å². The quantitative estimate of drug-likeness (QED) is 0.815. The van der Waals surface area contributed by atoms with Crippen molar-refractivity contribution in [2.45, 2.75) is 18.9 Å². The Bertz CT molecular complexity index is 620. The van der Waals surface area contributed by atoms with Crippen LogP contribution < -0.4 is 4.90 Å². The number of anilines is 1. The van der Waals surface area contributed by atoms with Gasteiger partial charge in [0.05, 0.1) is 13.2 Å². The predicted octanol–water partition coefficient (Wildman–Crippen LogP) is 0.686. The average Bonchev–Trinajstić information content (AvgIpc) is 3.28. The predicted molar refractivity (Wildman–Crippen MR) is 82.0 cm³/mol. The van der Waals surface area contributed by atoms with E-state index in [4.69, 9.17) is 9.26 Å². The Labute approximate surface area is 134 Å². The molecule has 1 atom stereocenters. The second kappa shape index (κ2) is 6.59. The molecule has 0 amide bonds. The van der Waals surface area contributed by atoms with E-state index >= 15 is 0 Å². The highest BCUT2D eigenvalue weighted by Crippen LogP contribution is 2.22. The van der Waals surface area contributed by atoms with Gasteiger partial charge in [0.25, 0.3) is 0 Å². The maximum Gasteiger partial charge on any atom is 0.240 e. The molecule has 0 aliphatic carbocycles. The molecule has 0 N–H and O–H groups in total. The largest absolute Gasteiger partial charge is 0.381 e. The van der Waals surface area contributed by atoms with Crippen LogP contribution in [0.3, 0.4) is 0 Å². The summed E-state index contributed by atoms with van der Waals surface area (Å²) < 4.78 is 10.8. The van der Waals surface area contributed by atoms with E-state index < -0.39 is 0 Å². The fourth-order valence-corrected chi connectivity index (χ4v) is 2.99. The highest BCUT2D eigenvalue weighted by Gasteiger charge is 2.25. The van der Waals surface area contributed by atoms with Crippen LogP contribution in [0.15, 0.2) is 23.0 Å². The molecule has 2 fully saturated rings. The highest BCUT2D eigenvalue weighted by molar-refractivity contribution is 5.29. The summed E-state index contributed by atoms with van der Waals surface area (Å²) in [5.41, 5.74) is 0. The minimum atomic E-state index is 0.291. The van der Waals surface area contributed by atoms with Crippen LogP contribution >= 0.6 is 0 Å². The summed E-state index contributed by atoms with van der Waals surface area (Å²) in [5.74, 6) is 2.57. The number of aromatic nitrogens is 4. The molecule has 0 unspecified atom stereocenters. The maximum absolute atomic E-state index is 5.39. The molecule has 0 radical (unpaired) electrons. The molecule has 0 aromatic carbocycles. The number of piperazine rings is 1. The summed E-state index contributed by atoms with van der Waals surface area (Å²) >= 11 is 0. The fourth-order valence-electron chi connectivity index (χ4n) is 2.99. The molecule has 2 aliphatic rings. The monoisotopic (exact) mass is 316 g/mol. The molecule has 4 rings (SSSR count). The molecule has 8 nitrogen and oxygen atoms in total. The van der Waals surface area contributed by atoms with Crippen LogP contribution in [0.4, 0.5) is 5.95 Å². The molecule has 0 bridgehead atoms. The van der Waals surface area contributed by atoms with Crippen molar-refractivity contribution in [1.29, 1.82) is 0 Å².